The van der Waals surface area contributed by atoms with Gasteiger partial charge in [0.2, 0.25) is 5.91 Å². The molecule has 2 N–H and O–H groups in total. The largest absolute Gasteiger partial charge is 0.370 e. The van der Waals surface area contributed by atoms with Crippen LogP contribution in [0.5, 0.6) is 0 Å². The molecule has 1 amide bonds. The van der Waals surface area contributed by atoms with E-state index in [0.717, 1.165) is 11.5 Å². The van der Waals surface area contributed by atoms with Crippen LogP contribution < -0.4 is 5.73 Å². The number of hydrogen-bond acceptors (Lipinski definition) is 2. The molecular weight excluding hydrogens is 134 g/mol. The van der Waals surface area contributed by atoms with E-state index in [1.54, 1.807) is 11.8 Å². The molecule has 0 aromatic rings. The van der Waals surface area contributed by atoms with Crippen LogP contribution in [0.15, 0.2) is 0 Å². The molecule has 0 spiro atoms. The molecule has 0 fully saturated rings. The fourth-order valence-electron chi connectivity index (χ4n) is 0.419. The highest BCUT2D eigenvalue weighted by molar-refractivity contribution is 7.99. The summed E-state index contributed by atoms with van der Waals surface area (Å²) in [6, 6.07) is 0. The van der Waals surface area contributed by atoms with Crippen LogP contribution in [-0.2, 0) is 4.79 Å². The predicted octanol–water partition coefficient (Wildman–Crippen LogP) is 1.00. The second-order valence-electron chi connectivity index (χ2n) is 1.83. The number of thioether (sulfide) groups is 1. The zero-order valence-corrected chi connectivity index (χ0v) is 6.54. The van der Waals surface area contributed by atoms with Crippen LogP contribution in [0.25, 0.3) is 0 Å². The normalized spacial score (nSPS) is 9.44. The Hall–Kier alpha value is -0.180. The zero-order valence-electron chi connectivity index (χ0n) is 5.72. The Labute approximate surface area is 60.2 Å². The molecule has 0 aliphatic heterocycles. The molecule has 0 saturated carbocycles. The maximum atomic E-state index is 10.2. The number of carbonyl (C=O) groups excluding carboxylic acids is 1. The van der Waals surface area contributed by atoms with E-state index in [1.165, 1.54) is 6.42 Å². The van der Waals surface area contributed by atoms with Gasteiger partial charge in [0.25, 0.3) is 0 Å². The Bertz CT molecular complexity index is 85.1. The number of amides is 1. The Balaban J connectivity index is 2.83. The fraction of sp³-hybridized carbons (Fsp3) is 0.833. The minimum Gasteiger partial charge on any atom is -0.370 e. The first-order chi connectivity index (χ1) is 4.27. The molecule has 0 aromatic heterocycles. The second kappa shape index (κ2) is 5.95. The van der Waals surface area contributed by atoms with E-state index in [4.69, 9.17) is 5.73 Å². The van der Waals surface area contributed by atoms with Crippen molar-refractivity contribution in [1.29, 1.82) is 0 Å². The molecule has 0 radical (unpaired) electrons. The van der Waals surface area contributed by atoms with Crippen molar-refractivity contribution < 1.29 is 4.79 Å². The summed E-state index contributed by atoms with van der Waals surface area (Å²) in [5.74, 6) is 1.81. The molecule has 0 rings (SSSR count). The Morgan fingerprint density at radius 2 is 2.22 bits per heavy atom. The van der Waals surface area contributed by atoms with E-state index in [0.29, 0.717) is 6.42 Å². The van der Waals surface area contributed by atoms with Gasteiger partial charge in [0, 0.05) is 12.2 Å². The summed E-state index contributed by atoms with van der Waals surface area (Å²) in [6.07, 6.45) is 1.69. The average molecular weight is 147 g/mol. The molecule has 0 saturated heterocycles. The van der Waals surface area contributed by atoms with Gasteiger partial charge in [-0.2, -0.15) is 11.8 Å². The van der Waals surface area contributed by atoms with Gasteiger partial charge in [0.15, 0.2) is 0 Å². The summed E-state index contributed by atoms with van der Waals surface area (Å²) in [4.78, 5) is 10.2. The van der Waals surface area contributed by atoms with E-state index >= 15 is 0 Å². The van der Waals surface area contributed by atoms with Gasteiger partial charge in [0.1, 0.15) is 0 Å². The first-order valence-electron chi connectivity index (χ1n) is 3.13. The number of rotatable bonds is 5. The molecule has 2 nitrogen and oxygen atoms in total. The average Bonchev–Trinajstić information content (AvgIpc) is 1.80. The predicted molar refractivity (Wildman–Crippen MR) is 41.4 cm³/mol. The quantitative estimate of drug-likeness (QED) is 0.590. The minimum atomic E-state index is -0.196. The van der Waals surface area contributed by atoms with Crippen LogP contribution in [-0.4, -0.2) is 17.4 Å². The molecule has 0 aliphatic carbocycles. The van der Waals surface area contributed by atoms with Gasteiger partial charge in [-0.3, -0.25) is 4.79 Å². The van der Waals surface area contributed by atoms with Gasteiger partial charge in [0.05, 0.1) is 0 Å². The Kier molecular flexibility index (Phi) is 5.83. The number of nitrogens with two attached hydrogens (primary N) is 1. The van der Waals surface area contributed by atoms with Gasteiger partial charge in [-0.15, -0.1) is 0 Å². The maximum Gasteiger partial charge on any atom is 0.218 e. The fourth-order valence-corrected chi connectivity index (χ4v) is 1.26. The van der Waals surface area contributed by atoms with Gasteiger partial charge in [-0.1, -0.05) is 6.92 Å². The van der Waals surface area contributed by atoms with E-state index in [1.807, 2.05) is 0 Å². The lowest BCUT2D eigenvalue weighted by molar-refractivity contribution is -0.117. The van der Waals surface area contributed by atoms with Crippen molar-refractivity contribution in [2.24, 2.45) is 5.73 Å². The minimum absolute atomic E-state index is 0.196. The first kappa shape index (κ1) is 8.82. The van der Waals surface area contributed by atoms with Crippen LogP contribution in [0.1, 0.15) is 19.8 Å². The maximum absolute atomic E-state index is 10.2. The van der Waals surface area contributed by atoms with E-state index in [-0.39, 0.29) is 5.91 Å². The summed E-state index contributed by atoms with van der Waals surface area (Å²) < 4.78 is 0. The van der Waals surface area contributed by atoms with E-state index in [2.05, 4.69) is 6.92 Å². The second-order valence-corrected chi connectivity index (χ2v) is 3.05. The highest BCUT2D eigenvalue weighted by atomic mass is 32.2. The highest BCUT2D eigenvalue weighted by Gasteiger charge is 1.91. The number of primary amides is 1. The summed E-state index contributed by atoms with van der Waals surface area (Å²) in [7, 11) is 0. The van der Waals surface area contributed by atoms with Crippen molar-refractivity contribution in [3.05, 3.63) is 0 Å². The van der Waals surface area contributed by atoms with Crippen molar-refractivity contribution >= 4 is 17.7 Å². The lowest BCUT2D eigenvalue weighted by Gasteiger charge is -1.94. The molecule has 0 unspecified atom stereocenters. The zero-order chi connectivity index (χ0) is 7.11. The van der Waals surface area contributed by atoms with Gasteiger partial charge in [-0.25, -0.2) is 0 Å². The van der Waals surface area contributed by atoms with Crippen molar-refractivity contribution in [3.8, 4) is 0 Å². The van der Waals surface area contributed by atoms with Gasteiger partial charge < -0.3 is 5.73 Å². The molecule has 9 heavy (non-hydrogen) atoms. The molecule has 0 bridgehead atoms. The van der Waals surface area contributed by atoms with Crippen molar-refractivity contribution in [3.63, 3.8) is 0 Å². The molecule has 0 atom stereocenters. The van der Waals surface area contributed by atoms with E-state index < -0.39 is 0 Å². The molecular formula is C6H13NOS. The van der Waals surface area contributed by atoms with Crippen LogP contribution in [0.3, 0.4) is 0 Å². The highest BCUT2D eigenvalue weighted by Crippen LogP contribution is 2.02. The van der Waals surface area contributed by atoms with Gasteiger partial charge >= 0.3 is 0 Å². The SMILES string of the molecule is CCCSCCC(N)=O. The lowest BCUT2D eigenvalue weighted by atomic mass is 10.5. The lowest BCUT2D eigenvalue weighted by Crippen LogP contribution is -2.10. The monoisotopic (exact) mass is 147 g/mol. The number of hydrogen-bond donors (Lipinski definition) is 1. The third-order valence-corrected chi connectivity index (χ3v) is 2.03. The van der Waals surface area contributed by atoms with Crippen LogP contribution in [0.2, 0.25) is 0 Å². The summed E-state index contributed by atoms with van der Waals surface area (Å²) in [5, 5.41) is 0. The molecule has 54 valence electrons. The molecule has 0 aromatic carbocycles. The summed E-state index contributed by atoms with van der Waals surface area (Å²) in [5.41, 5.74) is 4.92. The summed E-state index contributed by atoms with van der Waals surface area (Å²) >= 11 is 1.78. The van der Waals surface area contributed by atoms with E-state index in [9.17, 15) is 4.79 Å². The Morgan fingerprint density at radius 3 is 2.67 bits per heavy atom. The molecule has 0 aliphatic rings. The summed E-state index contributed by atoms with van der Waals surface area (Å²) in [6.45, 7) is 2.12. The molecule has 3 heteroatoms. The number of carbonyl (C=O) groups is 1. The smallest absolute Gasteiger partial charge is 0.218 e. The first-order valence-corrected chi connectivity index (χ1v) is 4.29. The van der Waals surface area contributed by atoms with Gasteiger partial charge in [-0.05, 0) is 12.2 Å². The standard InChI is InChI=1S/C6H13NOS/c1-2-4-9-5-3-6(7)8/h2-5H2,1H3,(H2,7,8). The van der Waals surface area contributed by atoms with Crippen LogP contribution >= 0.6 is 11.8 Å². The third-order valence-electron chi connectivity index (χ3n) is 0.841. The molecule has 0 heterocycles. The topological polar surface area (TPSA) is 43.1 Å². The van der Waals surface area contributed by atoms with Crippen LogP contribution in [0, 0.1) is 0 Å². The van der Waals surface area contributed by atoms with Crippen LogP contribution in [0.4, 0.5) is 0 Å². The third kappa shape index (κ3) is 7.82. The van der Waals surface area contributed by atoms with Crippen molar-refractivity contribution in [2.75, 3.05) is 11.5 Å². The van der Waals surface area contributed by atoms with Crippen molar-refractivity contribution in [1.82, 2.24) is 0 Å². The Morgan fingerprint density at radius 1 is 1.56 bits per heavy atom. The van der Waals surface area contributed by atoms with Crippen molar-refractivity contribution in [2.45, 2.75) is 19.8 Å².